The van der Waals surface area contributed by atoms with Gasteiger partial charge >= 0.3 is 0 Å². The number of nitrogens with zero attached hydrogens (tertiary/aromatic N) is 4. The van der Waals surface area contributed by atoms with E-state index < -0.39 is 0 Å². The van der Waals surface area contributed by atoms with Crippen LogP contribution in [0.1, 0.15) is 33.1 Å². The van der Waals surface area contributed by atoms with Crippen LogP contribution in [0.5, 0.6) is 0 Å². The van der Waals surface area contributed by atoms with E-state index in [1.807, 2.05) is 12.5 Å². The molecule has 1 aromatic heterocycles. The minimum absolute atomic E-state index is 0.853. The first-order chi connectivity index (χ1) is 11.3. The number of hydrogen-bond donors (Lipinski definition) is 2. The summed E-state index contributed by atoms with van der Waals surface area (Å²) in [6.07, 6.45) is 9.45. The lowest BCUT2D eigenvalue weighted by Gasteiger charge is -2.29. The zero-order valence-corrected chi connectivity index (χ0v) is 14.7. The van der Waals surface area contributed by atoms with Crippen molar-refractivity contribution in [3.8, 4) is 0 Å². The molecule has 0 unspecified atom stereocenters. The predicted molar refractivity (Wildman–Crippen MR) is 95.7 cm³/mol. The van der Waals surface area contributed by atoms with E-state index in [0.717, 1.165) is 44.5 Å². The molecule has 2 heterocycles. The summed E-state index contributed by atoms with van der Waals surface area (Å²) in [6, 6.07) is 0. The Bertz CT molecular complexity index is 434. The highest BCUT2D eigenvalue weighted by molar-refractivity contribution is 5.79. The van der Waals surface area contributed by atoms with Crippen LogP contribution in [-0.2, 0) is 6.54 Å². The van der Waals surface area contributed by atoms with Crippen LogP contribution >= 0.6 is 0 Å². The Morgan fingerprint density at radius 1 is 1.26 bits per heavy atom. The molecule has 0 aliphatic carbocycles. The van der Waals surface area contributed by atoms with Crippen molar-refractivity contribution in [2.24, 2.45) is 10.9 Å². The van der Waals surface area contributed by atoms with Crippen LogP contribution in [-0.4, -0.2) is 59.7 Å². The van der Waals surface area contributed by atoms with E-state index in [-0.39, 0.29) is 0 Å². The number of hydrogen-bond acceptors (Lipinski definition) is 3. The van der Waals surface area contributed by atoms with Gasteiger partial charge in [0.25, 0.3) is 0 Å². The van der Waals surface area contributed by atoms with Gasteiger partial charge in [-0.2, -0.15) is 0 Å². The molecule has 0 atom stereocenters. The molecule has 23 heavy (non-hydrogen) atoms. The number of piperidine rings is 1. The van der Waals surface area contributed by atoms with Crippen molar-refractivity contribution in [3.05, 3.63) is 18.7 Å². The molecule has 1 fully saturated rings. The summed E-state index contributed by atoms with van der Waals surface area (Å²) in [5.74, 6) is 1.82. The molecule has 0 bridgehead atoms. The molecular formula is C17H32N6. The number of rotatable bonds is 8. The topological polar surface area (TPSA) is 57.5 Å². The molecule has 2 rings (SSSR count). The lowest BCUT2D eigenvalue weighted by molar-refractivity contribution is 0.192. The second-order valence-corrected chi connectivity index (χ2v) is 6.37. The fourth-order valence-corrected chi connectivity index (χ4v) is 2.84. The third-order valence-corrected chi connectivity index (χ3v) is 4.34. The van der Waals surface area contributed by atoms with Crippen LogP contribution in [0, 0.1) is 5.92 Å². The van der Waals surface area contributed by atoms with Crippen LogP contribution in [0.3, 0.4) is 0 Å². The van der Waals surface area contributed by atoms with Gasteiger partial charge in [0.05, 0.1) is 6.33 Å². The summed E-state index contributed by atoms with van der Waals surface area (Å²) in [4.78, 5) is 11.3. The SMILES string of the molecule is CCNC(=NCCCN1CCC(C)CC1)NCCn1ccnc1. The van der Waals surface area contributed by atoms with Gasteiger partial charge in [0.15, 0.2) is 5.96 Å². The van der Waals surface area contributed by atoms with Crippen molar-refractivity contribution in [2.45, 2.75) is 39.7 Å². The molecule has 1 saturated heterocycles. The minimum Gasteiger partial charge on any atom is -0.357 e. The van der Waals surface area contributed by atoms with Crippen molar-refractivity contribution in [1.29, 1.82) is 0 Å². The molecule has 130 valence electrons. The van der Waals surface area contributed by atoms with Crippen LogP contribution in [0.2, 0.25) is 0 Å². The Morgan fingerprint density at radius 3 is 2.78 bits per heavy atom. The van der Waals surface area contributed by atoms with Gasteiger partial charge in [0, 0.05) is 38.6 Å². The van der Waals surface area contributed by atoms with E-state index in [2.05, 4.69) is 43.9 Å². The Labute approximate surface area is 140 Å². The van der Waals surface area contributed by atoms with Gasteiger partial charge < -0.3 is 20.1 Å². The van der Waals surface area contributed by atoms with Gasteiger partial charge in [0.2, 0.25) is 0 Å². The van der Waals surface area contributed by atoms with Crippen LogP contribution < -0.4 is 10.6 Å². The number of aliphatic imine (C=N–C) groups is 1. The zero-order valence-electron chi connectivity index (χ0n) is 14.7. The first-order valence-corrected chi connectivity index (χ1v) is 8.98. The van der Waals surface area contributed by atoms with Crippen molar-refractivity contribution >= 4 is 5.96 Å². The van der Waals surface area contributed by atoms with E-state index in [9.17, 15) is 0 Å². The summed E-state index contributed by atoms with van der Waals surface area (Å²) in [5, 5.41) is 6.69. The maximum atomic E-state index is 4.67. The predicted octanol–water partition coefficient (Wildman–Crippen LogP) is 1.56. The fourth-order valence-electron chi connectivity index (χ4n) is 2.84. The highest BCUT2D eigenvalue weighted by Gasteiger charge is 2.14. The molecule has 0 aromatic carbocycles. The Balaban J connectivity index is 1.62. The lowest BCUT2D eigenvalue weighted by atomic mass is 9.99. The quantitative estimate of drug-likeness (QED) is 0.434. The number of guanidine groups is 1. The maximum Gasteiger partial charge on any atom is 0.191 e. The summed E-state index contributed by atoms with van der Waals surface area (Å²) in [7, 11) is 0. The van der Waals surface area contributed by atoms with E-state index in [1.54, 1.807) is 6.20 Å². The van der Waals surface area contributed by atoms with Crippen molar-refractivity contribution in [2.75, 3.05) is 39.3 Å². The highest BCUT2D eigenvalue weighted by atomic mass is 15.2. The van der Waals surface area contributed by atoms with Crippen molar-refractivity contribution < 1.29 is 0 Å². The summed E-state index contributed by atoms with van der Waals surface area (Å²) < 4.78 is 2.06. The largest absolute Gasteiger partial charge is 0.357 e. The minimum atomic E-state index is 0.853. The Kier molecular flexibility index (Phi) is 7.93. The van der Waals surface area contributed by atoms with Gasteiger partial charge in [-0.3, -0.25) is 4.99 Å². The van der Waals surface area contributed by atoms with E-state index in [4.69, 9.17) is 0 Å². The van der Waals surface area contributed by atoms with Gasteiger partial charge in [-0.15, -0.1) is 0 Å². The average Bonchev–Trinajstić information content (AvgIpc) is 3.06. The molecule has 6 heteroatoms. The summed E-state index contributed by atoms with van der Waals surface area (Å²) in [6.45, 7) is 11.7. The number of aromatic nitrogens is 2. The van der Waals surface area contributed by atoms with Gasteiger partial charge in [-0.25, -0.2) is 4.98 Å². The Hall–Kier alpha value is -1.56. The molecule has 0 spiro atoms. The molecule has 1 aromatic rings. The molecule has 0 saturated carbocycles. The van der Waals surface area contributed by atoms with E-state index in [0.29, 0.717) is 0 Å². The van der Waals surface area contributed by atoms with Gasteiger partial charge in [-0.1, -0.05) is 6.92 Å². The standard InChI is InChI=1S/C17H32N6/c1-3-19-17(21-9-14-23-13-8-18-15-23)20-7-4-10-22-11-5-16(2)6-12-22/h8,13,15-16H,3-7,9-12,14H2,1-2H3,(H2,19,20,21). The normalized spacial score (nSPS) is 17.4. The first kappa shape index (κ1) is 17.8. The van der Waals surface area contributed by atoms with Crippen LogP contribution in [0.25, 0.3) is 0 Å². The number of likely N-dealkylation sites (tertiary alicyclic amines) is 1. The summed E-state index contributed by atoms with van der Waals surface area (Å²) >= 11 is 0. The third-order valence-electron chi connectivity index (χ3n) is 4.34. The third kappa shape index (κ3) is 7.03. The summed E-state index contributed by atoms with van der Waals surface area (Å²) in [5.41, 5.74) is 0. The highest BCUT2D eigenvalue weighted by Crippen LogP contribution is 2.15. The molecule has 0 radical (unpaired) electrons. The molecule has 6 nitrogen and oxygen atoms in total. The molecular weight excluding hydrogens is 288 g/mol. The lowest BCUT2D eigenvalue weighted by Crippen LogP contribution is -2.39. The van der Waals surface area contributed by atoms with Crippen molar-refractivity contribution in [1.82, 2.24) is 25.1 Å². The smallest absolute Gasteiger partial charge is 0.191 e. The second-order valence-electron chi connectivity index (χ2n) is 6.37. The van der Waals surface area contributed by atoms with Crippen molar-refractivity contribution in [3.63, 3.8) is 0 Å². The fraction of sp³-hybridized carbons (Fsp3) is 0.765. The van der Waals surface area contributed by atoms with Gasteiger partial charge in [-0.05, 0) is 51.7 Å². The zero-order chi connectivity index (χ0) is 16.3. The molecule has 0 amide bonds. The van der Waals surface area contributed by atoms with Crippen LogP contribution in [0.4, 0.5) is 0 Å². The maximum absolute atomic E-state index is 4.67. The second kappa shape index (κ2) is 10.3. The van der Waals surface area contributed by atoms with E-state index in [1.165, 1.54) is 32.5 Å². The number of nitrogens with one attached hydrogen (secondary N) is 2. The van der Waals surface area contributed by atoms with Gasteiger partial charge in [0.1, 0.15) is 0 Å². The Morgan fingerprint density at radius 2 is 2.09 bits per heavy atom. The first-order valence-electron chi connectivity index (χ1n) is 8.98. The van der Waals surface area contributed by atoms with Crippen LogP contribution in [0.15, 0.2) is 23.7 Å². The molecule has 2 N–H and O–H groups in total. The number of imidazole rings is 1. The monoisotopic (exact) mass is 320 g/mol. The molecule has 1 aliphatic rings. The molecule has 1 aliphatic heterocycles. The average molecular weight is 320 g/mol. The van der Waals surface area contributed by atoms with E-state index >= 15 is 0 Å².